The zero-order valence-electron chi connectivity index (χ0n) is 21.9. The van der Waals surface area contributed by atoms with Gasteiger partial charge in [0.2, 0.25) is 0 Å². The van der Waals surface area contributed by atoms with Crippen LogP contribution in [-0.4, -0.2) is 39.2 Å². The zero-order chi connectivity index (χ0) is 29.0. The number of aryl methyl sites for hydroxylation is 2. The molecule has 1 N–H and O–H groups in total. The van der Waals surface area contributed by atoms with Crippen molar-refractivity contribution in [3.8, 4) is 0 Å². The summed E-state index contributed by atoms with van der Waals surface area (Å²) in [4.78, 5) is 25.5. The maximum absolute atomic E-state index is 14.5. The molecule has 212 valence electrons. The van der Waals surface area contributed by atoms with Crippen molar-refractivity contribution in [1.82, 2.24) is 0 Å². The lowest BCUT2D eigenvalue weighted by atomic mass is 9.96. The normalized spacial score (nSPS) is 13.7. The highest BCUT2D eigenvalue weighted by Crippen LogP contribution is 2.38. The number of fused-ring (bicyclic) bond motifs is 2. The fourth-order valence-electron chi connectivity index (χ4n) is 4.91. The van der Waals surface area contributed by atoms with Crippen molar-refractivity contribution in [3.63, 3.8) is 0 Å². The summed E-state index contributed by atoms with van der Waals surface area (Å²) < 4.78 is 50.6. The lowest BCUT2D eigenvalue weighted by Crippen LogP contribution is -2.31. The third-order valence-corrected chi connectivity index (χ3v) is 7.30. The van der Waals surface area contributed by atoms with E-state index in [1.807, 2.05) is 4.90 Å². The standard InChI is InChI=1S/C18H16ClF2NO2.C11H11ClFNO2/c1-24-18(23)15-16(21)14(19)9-12-3-2-8-22(17(12)15)10-11-4-6-13(20)7-5-11;1-16-11(15)8-9(13)7(12)5-6-3-2-4-14-10(6)8/h4-7,9H,2-3,8,10H2,1H3;5,14H,2-4H2,1H3. The van der Waals surface area contributed by atoms with Crippen LogP contribution in [0.4, 0.5) is 24.5 Å². The number of carbonyl (C=O) groups is 2. The van der Waals surface area contributed by atoms with Gasteiger partial charge in [-0.25, -0.2) is 22.8 Å². The number of methoxy groups -OCH3 is 2. The average Bonchev–Trinajstić information content (AvgIpc) is 2.95. The van der Waals surface area contributed by atoms with Gasteiger partial charge in [-0.2, -0.15) is 0 Å². The Labute approximate surface area is 240 Å². The van der Waals surface area contributed by atoms with Crippen LogP contribution in [0.5, 0.6) is 0 Å². The molecule has 0 saturated heterocycles. The monoisotopic (exact) mass is 594 g/mol. The molecule has 5 rings (SSSR count). The van der Waals surface area contributed by atoms with Crippen LogP contribution in [0, 0.1) is 17.5 Å². The lowest BCUT2D eigenvalue weighted by Gasteiger charge is -2.33. The Bertz CT molecular complexity index is 1430. The van der Waals surface area contributed by atoms with Gasteiger partial charge in [0, 0.05) is 19.6 Å². The van der Waals surface area contributed by atoms with Crippen LogP contribution >= 0.6 is 23.2 Å². The van der Waals surface area contributed by atoms with E-state index in [0.717, 1.165) is 42.5 Å². The molecule has 3 aromatic carbocycles. The molecule has 0 atom stereocenters. The summed E-state index contributed by atoms with van der Waals surface area (Å²) in [6.45, 7) is 1.83. The third kappa shape index (κ3) is 6.15. The van der Waals surface area contributed by atoms with E-state index < -0.39 is 23.6 Å². The number of esters is 2. The molecule has 0 spiro atoms. The van der Waals surface area contributed by atoms with Crippen molar-refractivity contribution < 1.29 is 32.2 Å². The number of carbonyl (C=O) groups excluding carboxylic acids is 2. The lowest BCUT2D eigenvalue weighted by molar-refractivity contribution is 0.0587. The molecule has 0 radical (unpaired) electrons. The van der Waals surface area contributed by atoms with Gasteiger partial charge in [-0.05, 0) is 66.6 Å². The van der Waals surface area contributed by atoms with Gasteiger partial charge in [0.05, 0.1) is 35.6 Å². The Balaban J connectivity index is 0.000000201. The number of nitrogens with zero attached hydrogens (tertiary/aromatic N) is 1. The Morgan fingerprint density at radius 2 is 1.45 bits per heavy atom. The number of hydrogen-bond acceptors (Lipinski definition) is 6. The first-order chi connectivity index (χ1) is 19.2. The van der Waals surface area contributed by atoms with E-state index in [1.165, 1.54) is 26.4 Å². The average molecular weight is 595 g/mol. The molecule has 2 aliphatic heterocycles. The maximum Gasteiger partial charge on any atom is 0.343 e. The summed E-state index contributed by atoms with van der Waals surface area (Å²) in [7, 11) is 2.43. The second-order valence-electron chi connectivity index (χ2n) is 9.30. The second-order valence-corrected chi connectivity index (χ2v) is 10.1. The van der Waals surface area contributed by atoms with E-state index in [1.54, 1.807) is 24.3 Å². The predicted molar refractivity (Wildman–Crippen MR) is 148 cm³/mol. The predicted octanol–water partition coefficient (Wildman–Crippen LogP) is 6.98. The van der Waals surface area contributed by atoms with Crippen molar-refractivity contribution in [2.24, 2.45) is 0 Å². The molecule has 0 aliphatic carbocycles. The first-order valence-corrected chi connectivity index (χ1v) is 13.3. The first-order valence-electron chi connectivity index (χ1n) is 12.6. The SMILES string of the molecule is COC(=O)c1c(F)c(Cl)cc2c1N(Cc1ccc(F)cc1)CCC2.COC(=O)c1c(F)c(Cl)cc2c1NCCC2. The molecular weight excluding hydrogens is 568 g/mol. The van der Waals surface area contributed by atoms with Gasteiger partial charge in [0.25, 0.3) is 0 Å². The molecule has 3 aromatic rings. The molecular formula is C29H27Cl2F3N2O4. The minimum Gasteiger partial charge on any atom is -0.465 e. The minimum absolute atomic E-state index is 0.0390. The minimum atomic E-state index is -0.770. The van der Waals surface area contributed by atoms with Gasteiger partial charge in [-0.1, -0.05) is 35.3 Å². The first kappa shape index (κ1) is 29.6. The summed E-state index contributed by atoms with van der Waals surface area (Å²) in [6, 6.07) is 9.23. The van der Waals surface area contributed by atoms with Crippen molar-refractivity contribution in [3.05, 3.63) is 91.7 Å². The molecule has 0 fully saturated rings. The Morgan fingerprint density at radius 1 is 0.875 bits per heavy atom. The number of ether oxygens (including phenoxy) is 2. The fraction of sp³-hybridized carbons (Fsp3) is 0.310. The van der Waals surface area contributed by atoms with Crippen LogP contribution in [0.2, 0.25) is 10.0 Å². The molecule has 0 aromatic heterocycles. The molecule has 0 bridgehead atoms. The van der Waals surface area contributed by atoms with Gasteiger partial charge >= 0.3 is 11.9 Å². The molecule has 2 heterocycles. The molecule has 2 aliphatic rings. The third-order valence-electron chi connectivity index (χ3n) is 6.75. The largest absolute Gasteiger partial charge is 0.465 e. The van der Waals surface area contributed by atoms with Gasteiger partial charge in [0.15, 0.2) is 11.6 Å². The second kappa shape index (κ2) is 12.8. The van der Waals surface area contributed by atoms with Crippen LogP contribution in [-0.2, 0) is 28.9 Å². The molecule has 0 amide bonds. The highest BCUT2D eigenvalue weighted by molar-refractivity contribution is 6.31. The van der Waals surface area contributed by atoms with E-state index in [2.05, 4.69) is 10.1 Å². The Hall–Kier alpha value is -3.43. The Morgan fingerprint density at radius 3 is 2.10 bits per heavy atom. The van der Waals surface area contributed by atoms with Crippen LogP contribution in [0.25, 0.3) is 0 Å². The van der Waals surface area contributed by atoms with Crippen molar-refractivity contribution in [1.29, 1.82) is 0 Å². The summed E-state index contributed by atoms with van der Waals surface area (Å²) in [5.41, 5.74) is 3.34. The smallest absolute Gasteiger partial charge is 0.343 e. The summed E-state index contributed by atoms with van der Waals surface area (Å²) >= 11 is 11.7. The quantitative estimate of drug-likeness (QED) is 0.329. The number of anilines is 2. The van der Waals surface area contributed by atoms with E-state index in [4.69, 9.17) is 27.9 Å². The summed E-state index contributed by atoms with van der Waals surface area (Å²) in [6.07, 6.45) is 3.29. The number of nitrogens with one attached hydrogen (secondary N) is 1. The van der Waals surface area contributed by atoms with Gasteiger partial charge in [0.1, 0.15) is 16.9 Å². The summed E-state index contributed by atoms with van der Waals surface area (Å²) in [5, 5.41) is 2.89. The molecule has 40 heavy (non-hydrogen) atoms. The van der Waals surface area contributed by atoms with Crippen LogP contribution in [0.3, 0.4) is 0 Å². The topological polar surface area (TPSA) is 67.9 Å². The van der Waals surface area contributed by atoms with Crippen LogP contribution < -0.4 is 10.2 Å². The Kier molecular flexibility index (Phi) is 9.48. The summed E-state index contributed by atoms with van der Waals surface area (Å²) in [5.74, 6) is -3.26. The van der Waals surface area contributed by atoms with E-state index >= 15 is 0 Å². The van der Waals surface area contributed by atoms with E-state index in [-0.39, 0.29) is 27.0 Å². The zero-order valence-corrected chi connectivity index (χ0v) is 23.4. The van der Waals surface area contributed by atoms with Crippen molar-refractivity contribution in [2.45, 2.75) is 32.2 Å². The van der Waals surface area contributed by atoms with Gasteiger partial charge < -0.3 is 19.7 Å². The van der Waals surface area contributed by atoms with Crippen LogP contribution in [0.1, 0.15) is 50.2 Å². The van der Waals surface area contributed by atoms with E-state index in [0.29, 0.717) is 30.9 Å². The highest BCUT2D eigenvalue weighted by atomic mass is 35.5. The van der Waals surface area contributed by atoms with Gasteiger partial charge in [-0.15, -0.1) is 0 Å². The maximum atomic E-state index is 14.5. The number of rotatable bonds is 4. The van der Waals surface area contributed by atoms with Crippen molar-refractivity contribution in [2.75, 3.05) is 37.5 Å². The van der Waals surface area contributed by atoms with E-state index in [9.17, 15) is 22.8 Å². The molecule has 6 nitrogen and oxygen atoms in total. The van der Waals surface area contributed by atoms with Gasteiger partial charge in [-0.3, -0.25) is 0 Å². The number of benzene rings is 3. The molecule has 11 heteroatoms. The molecule has 0 unspecified atom stereocenters. The number of halogens is 5. The van der Waals surface area contributed by atoms with Crippen molar-refractivity contribution >= 4 is 46.5 Å². The number of hydrogen-bond donors (Lipinski definition) is 1. The van der Waals surface area contributed by atoms with Crippen LogP contribution in [0.15, 0.2) is 36.4 Å². The molecule has 0 saturated carbocycles. The highest BCUT2D eigenvalue weighted by Gasteiger charge is 2.29. The fourth-order valence-corrected chi connectivity index (χ4v) is 5.36.